The Morgan fingerprint density at radius 1 is 1.19 bits per heavy atom. The lowest BCUT2D eigenvalue weighted by Crippen LogP contribution is -2.39. The van der Waals surface area contributed by atoms with Crippen molar-refractivity contribution in [1.29, 1.82) is 5.26 Å². The van der Waals surface area contributed by atoms with Crippen LogP contribution in [0.4, 0.5) is 5.69 Å². The highest BCUT2D eigenvalue weighted by molar-refractivity contribution is 5.92. The molecule has 0 bridgehead atoms. The molecule has 0 aliphatic heterocycles. The van der Waals surface area contributed by atoms with E-state index in [9.17, 15) is 9.59 Å². The van der Waals surface area contributed by atoms with Crippen molar-refractivity contribution in [3.63, 3.8) is 0 Å². The molecule has 112 valence electrons. The van der Waals surface area contributed by atoms with Gasteiger partial charge in [-0.15, -0.1) is 0 Å². The van der Waals surface area contributed by atoms with Crippen LogP contribution in [0.2, 0.25) is 0 Å². The molecule has 0 saturated heterocycles. The summed E-state index contributed by atoms with van der Waals surface area (Å²) in [5.41, 5.74) is 1.17. The molecule has 0 heterocycles. The van der Waals surface area contributed by atoms with Crippen LogP contribution in [0.3, 0.4) is 0 Å². The van der Waals surface area contributed by atoms with E-state index in [1.165, 1.54) is 0 Å². The number of rotatable bonds is 7. The normalized spacial score (nSPS) is 10.0. The largest absolute Gasteiger partial charge is 0.355 e. The molecule has 1 aromatic carbocycles. The number of hydrogen-bond donors (Lipinski definition) is 2. The van der Waals surface area contributed by atoms with E-state index in [4.69, 9.17) is 5.26 Å². The average Bonchev–Trinajstić information content (AvgIpc) is 2.45. The van der Waals surface area contributed by atoms with E-state index in [-0.39, 0.29) is 24.9 Å². The Morgan fingerprint density at radius 2 is 1.81 bits per heavy atom. The number of nitrogens with one attached hydrogen (secondary N) is 2. The first-order valence-corrected chi connectivity index (χ1v) is 6.80. The van der Waals surface area contributed by atoms with Crippen LogP contribution in [0.15, 0.2) is 24.3 Å². The molecule has 1 rings (SSSR count). The molecular weight excluding hydrogens is 268 g/mol. The van der Waals surface area contributed by atoms with Crippen LogP contribution in [-0.4, -0.2) is 43.4 Å². The maximum Gasteiger partial charge on any atom is 0.238 e. The summed E-state index contributed by atoms with van der Waals surface area (Å²) in [5.74, 6) is -0.295. The number of benzene rings is 1. The second kappa shape index (κ2) is 8.72. The van der Waals surface area contributed by atoms with Gasteiger partial charge in [-0.05, 0) is 37.7 Å². The molecule has 0 saturated carbocycles. The molecule has 0 aromatic heterocycles. The Morgan fingerprint density at radius 3 is 2.38 bits per heavy atom. The molecule has 0 aliphatic rings. The van der Waals surface area contributed by atoms with E-state index >= 15 is 0 Å². The van der Waals surface area contributed by atoms with Crippen molar-refractivity contribution >= 4 is 17.5 Å². The fourth-order valence-corrected chi connectivity index (χ4v) is 1.70. The molecule has 21 heavy (non-hydrogen) atoms. The molecule has 6 heteroatoms. The van der Waals surface area contributed by atoms with Gasteiger partial charge in [0.25, 0.3) is 0 Å². The number of carbonyl (C=O) groups excluding carboxylic acids is 2. The third-order valence-corrected chi connectivity index (χ3v) is 2.70. The molecule has 2 amide bonds. The van der Waals surface area contributed by atoms with Gasteiger partial charge in [0.2, 0.25) is 11.8 Å². The smallest absolute Gasteiger partial charge is 0.238 e. The molecular formula is C15H20N4O2. The van der Waals surface area contributed by atoms with Gasteiger partial charge in [0, 0.05) is 12.2 Å². The van der Waals surface area contributed by atoms with E-state index < -0.39 is 0 Å². The van der Waals surface area contributed by atoms with E-state index in [0.29, 0.717) is 17.8 Å². The standard InChI is InChI=1S/C15H20N4O2/c1-3-8-17-14(20)10-19(2)11-15(21)18-13-6-4-12(9-16)5-7-13/h4-7H,3,8,10-11H2,1-2H3,(H,17,20)(H,18,21). The minimum absolute atomic E-state index is 0.0921. The third kappa shape index (κ3) is 6.54. The summed E-state index contributed by atoms with van der Waals surface area (Å²) >= 11 is 0. The van der Waals surface area contributed by atoms with Crippen molar-refractivity contribution in [3.05, 3.63) is 29.8 Å². The number of anilines is 1. The fourth-order valence-electron chi connectivity index (χ4n) is 1.70. The monoisotopic (exact) mass is 288 g/mol. The SMILES string of the molecule is CCCNC(=O)CN(C)CC(=O)Nc1ccc(C#N)cc1. The van der Waals surface area contributed by atoms with E-state index in [0.717, 1.165) is 6.42 Å². The Bertz CT molecular complexity index is 519. The summed E-state index contributed by atoms with van der Waals surface area (Å²) in [5, 5.41) is 14.2. The third-order valence-electron chi connectivity index (χ3n) is 2.70. The van der Waals surface area contributed by atoms with Crippen molar-refractivity contribution in [2.45, 2.75) is 13.3 Å². The lowest BCUT2D eigenvalue weighted by molar-refractivity contribution is -0.122. The Hall–Kier alpha value is -2.39. The van der Waals surface area contributed by atoms with Gasteiger partial charge < -0.3 is 10.6 Å². The predicted octanol–water partition coefficient (Wildman–Crippen LogP) is 0.955. The highest BCUT2D eigenvalue weighted by Crippen LogP contribution is 2.08. The maximum absolute atomic E-state index is 11.8. The highest BCUT2D eigenvalue weighted by atomic mass is 16.2. The lowest BCUT2D eigenvalue weighted by Gasteiger charge is -2.15. The highest BCUT2D eigenvalue weighted by Gasteiger charge is 2.10. The van der Waals surface area contributed by atoms with Crippen molar-refractivity contribution in [2.24, 2.45) is 0 Å². The molecule has 0 fully saturated rings. The van der Waals surface area contributed by atoms with Crippen molar-refractivity contribution < 1.29 is 9.59 Å². The Balaban J connectivity index is 2.38. The number of nitrogens with zero attached hydrogens (tertiary/aromatic N) is 2. The quantitative estimate of drug-likeness (QED) is 0.782. The molecule has 0 spiro atoms. The fraction of sp³-hybridized carbons (Fsp3) is 0.400. The number of hydrogen-bond acceptors (Lipinski definition) is 4. The van der Waals surface area contributed by atoms with Crippen LogP contribution in [0.25, 0.3) is 0 Å². The zero-order valence-electron chi connectivity index (χ0n) is 12.3. The molecule has 6 nitrogen and oxygen atoms in total. The van der Waals surface area contributed by atoms with Crippen LogP contribution in [-0.2, 0) is 9.59 Å². The summed E-state index contributed by atoms with van der Waals surface area (Å²) in [6.45, 7) is 2.93. The van der Waals surface area contributed by atoms with Gasteiger partial charge in [0.15, 0.2) is 0 Å². The average molecular weight is 288 g/mol. The van der Waals surface area contributed by atoms with Crippen LogP contribution >= 0.6 is 0 Å². The van der Waals surface area contributed by atoms with Crippen molar-refractivity contribution in [1.82, 2.24) is 10.2 Å². The number of likely N-dealkylation sites (N-methyl/N-ethyl adjacent to an activating group) is 1. The second-order valence-corrected chi connectivity index (χ2v) is 4.76. The summed E-state index contributed by atoms with van der Waals surface area (Å²) in [7, 11) is 1.71. The maximum atomic E-state index is 11.8. The molecule has 2 N–H and O–H groups in total. The first kappa shape index (κ1) is 16.7. The zero-order chi connectivity index (χ0) is 15.7. The molecule has 1 aromatic rings. The molecule has 0 aliphatic carbocycles. The molecule has 0 atom stereocenters. The minimum atomic E-state index is -0.203. The summed E-state index contributed by atoms with van der Waals surface area (Å²) in [4.78, 5) is 25.0. The predicted molar refractivity (Wildman–Crippen MR) is 80.6 cm³/mol. The summed E-state index contributed by atoms with van der Waals surface area (Å²) in [6.07, 6.45) is 0.884. The molecule has 0 radical (unpaired) electrons. The first-order chi connectivity index (χ1) is 10.0. The van der Waals surface area contributed by atoms with Crippen molar-refractivity contribution in [3.8, 4) is 6.07 Å². The minimum Gasteiger partial charge on any atom is -0.355 e. The van der Waals surface area contributed by atoms with Crippen LogP contribution < -0.4 is 10.6 Å². The van der Waals surface area contributed by atoms with Crippen LogP contribution in [0.5, 0.6) is 0 Å². The first-order valence-electron chi connectivity index (χ1n) is 6.80. The second-order valence-electron chi connectivity index (χ2n) is 4.76. The van der Waals surface area contributed by atoms with Crippen molar-refractivity contribution in [2.75, 3.05) is 32.0 Å². The number of amides is 2. The Kier molecular flexibility index (Phi) is 6.92. The van der Waals surface area contributed by atoms with Gasteiger partial charge in [-0.2, -0.15) is 5.26 Å². The van der Waals surface area contributed by atoms with Crippen LogP contribution in [0.1, 0.15) is 18.9 Å². The van der Waals surface area contributed by atoms with Gasteiger partial charge >= 0.3 is 0 Å². The molecule has 0 unspecified atom stereocenters. The van der Waals surface area contributed by atoms with Gasteiger partial charge in [-0.25, -0.2) is 0 Å². The number of nitriles is 1. The van der Waals surface area contributed by atoms with E-state index in [2.05, 4.69) is 10.6 Å². The lowest BCUT2D eigenvalue weighted by atomic mass is 10.2. The Labute approximate surface area is 124 Å². The van der Waals surface area contributed by atoms with Gasteiger partial charge in [-0.1, -0.05) is 6.92 Å². The van der Waals surface area contributed by atoms with Gasteiger partial charge in [0.05, 0.1) is 24.7 Å². The summed E-state index contributed by atoms with van der Waals surface area (Å²) < 4.78 is 0. The van der Waals surface area contributed by atoms with Crippen LogP contribution in [0, 0.1) is 11.3 Å². The van der Waals surface area contributed by atoms with E-state index in [1.807, 2.05) is 13.0 Å². The number of carbonyl (C=O) groups is 2. The van der Waals surface area contributed by atoms with Gasteiger partial charge in [-0.3, -0.25) is 14.5 Å². The van der Waals surface area contributed by atoms with Gasteiger partial charge in [0.1, 0.15) is 0 Å². The zero-order valence-corrected chi connectivity index (χ0v) is 12.3. The van der Waals surface area contributed by atoms with E-state index in [1.54, 1.807) is 36.2 Å². The topological polar surface area (TPSA) is 85.2 Å². The summed E-state index contributed by atoms with van der Waals surface area (Å²) in [6, 6.07) is 8.63.